The summed E-state index contributed by atoms with van der Waals surface area (Å²) < 4.78 is 5.67. The van der Waals surface area contributed by atoms with Crippen LogP contribution in [0.3, 0.4) is 0 Å². The summed E-state index contributed by atoms with van der Waals surface area (Å²) in [5, 5.41) is 25.4. The molecule has 0 bridgehead atoms. The van der Waals surface area contributed by atoms with Gasteiger partial charge in [0.05, 0.1) is 5.56 Å². The van der Waals surface area contributed by atoms with Gasteiger partial charge in [-0.1, -0.05) is 24.3 Å². The maximum Gasteiger partial charge on any atom is 0.342 e. The Morgan fingerprint density at radius 3 is 2.55 bits per heavy atom. The molecule has 0 unspecified atom stereocenters. The SMILES string of the molecule is Cc1nc(S/C(=C\c2ccc(OCc3cccc(C(=O)O)c3)cc2)C(=O)O)n[nH]1. The van der Waals surface area contributed by atoms with Gasteiger partial charge in [0.25, 0.3) is 0 Å². The van der Waals surface area contributed by atoms with E-state index in [0.29, 0.717) is 22.3 Å². The van der Waals surface area contributed by atoms with E-state index in [1.807, 2.05) is 0 Å². The van der Waals surface area contributed by atoms with E-state index in [2.05, 4.69) is 15.2 Å². The van der Waals surface area contributed by atoms with Crippen molar-refractivity contribution in [3.05, 3.63) is 76.0 Å². The first kappa shape index (κ1) is 20.2. The number of H-pyrrole nitrogens is 1. The van der Waals surface area contributed by atoms with Crippen molar-refractivity contribution in [3.8, 4) is 5.75 Å². The van der Waals surface area contributed by atoms with Gasteiger partial charge in [-0.2, -0.15) is 0 Å². The van der Waals surface area contributed by atoms with Crippen LogP contribution in [0.1, 0.15) is 27.3 Å². The van der Waals surface area contributed by atoms with E-state index in [-0.39, 0.29) is 17.1 Å². The molecule has 9 heteroatoms. The molecule has 3 rings (SSSR count). The monoisotopic (exact) mass is 411 g/mol. The molecule has 29 heavy (non-hydrogen) atoms. The number of aromatic carboxylic acids is 1. The summed E-state index contributed by atoms with van der Waals surface area (Å²) >= 11 is 0.957. The fourth-order valence-electron chi connectivity index (χ4n) is 2.37. The van der Waals surface area contributed by atoms with Crippen molar-refractivity contribution in [1.82, 2.24) is 15.2 Å². The van der Waals surface area contributed by atoms with Crippen LogP contribution in [-0.4, -0.2) is 37.3 Å². The molecule has 1 heterocycles. The van der Waals surface area contributed by atoms with Gasteiger partial charge < -0.3 is 14.9 Å². The summed E-state index contributed by atoms with van der Waals surface area (Å²) in [6.07, 6.45) is 1.53. The Bertz CT molecular complexity index is 1060. The van der Waals surface area contributed by atoms with Crippen LogP contribution in [0, 0.1) is 6.92 Å². The van der Waals surface area contributed by atoms with Crippen molar-refractivity contribution in [1.29, 1.82) is 0 Å². The van der Waals surface area contributed by atoms with E-state index in [4.69, 9.17) is 9.84 Å². The smallest absolute Gasteiger partial charge is 0.342 e. The van der Waals surface area contributed by atoms with Crippen molar-refractivity contribution in [2.75, 3.05) is 0 Å². The van der Waals surface area contributed by atoms with Gasteiger partial charge >= 0.3 is 11.9 Å². The van der Waals surface area contributed by atoms with E-state index >= 15 is 0 Å². The standard InChI is InChI=1S/C20H17N3O5S/c1-12-21-20(23-22-12)29-17(19(26)27)10-13-5-7-16(8-6-13)28-11-14-3-2-4-15(9-14)18(24)25/h2-10H,11H2,1H3,(H,24,25)(H,26,27)(H,21,22,23)/b17-10-. The number of benzene rings is 2. The number of ether oxygens (including phenoxy) is 1. The lowest BCUT2D eigenvalue weighted by atomic mass is 10.1. The van der Waals surface area contributed by atoms with Crippen LogP contribution in [0.2, 0.25) is 0 Å². The van der Waals surface area contributed by atoms with Crippen molar-refractivity contribution < 1.29 is 24.5 Å². The number of aromatic amines is 1. The van der Waals surface area contributed by atoms with Crippen LogP contribution in [0.15, 0.2) is 58.6 Å². The molecule has 148 valence electrons. The molecule has 3 aromatic rings. The molecule has 0 aliphatic heterocycles. The lowest BCUT2D eigenvalue weighted by Gasteiger charge is -2.07. The topological polar surface area (TPSA) is 125 Å². The van der Waals surface area contributed by atoms with Crippen LogP contribution in [-0.2, 0) is 11.4 Å². The van der Waals surface area contributed by atoms with Crippen LogP contribution in [0.25, 0.3) is 6.08 Å². The molecule has 0 atom stereocenters. The Hall–Kier alpha value is -3.59. The van der Waals surface area contributed by atoms with Crippen molar-refractivity contribution in [2.24, 2.45) is 0 Å². The summed E-state index contributed by atoms with van der Waals surface area (Å²) in [6, 6.07) is 13.4. The number of aryl methyl sites for hydroxylation is 1. The van der Waals surface area contributed by atoms with Crippen LogP contribution in [0.4, 0.5) is 0 Å². The maximum atomic E-state index is 11.5. The largest absolute Gasteiger partial charge is 0.489 e. The van der Waals surface area contributed by atoms with E-state index in [0.717, 1.165) is 17.3 Å². The zero-order valence-corrected chi connectivity index (χ0v) is 16.1. The Kier molecular flexibility index (Phi) is 6.30. The maximum absolute atomic E-state index is 11.5. The highest BCUT2D eigenvalue weighted by molar-refractivity contribution is 8.04. The average molecular weight is 411 g/mol. The molecule has 0 aliphatic carbocycles. The molecule has 0 saturated heterocycles. The first-order valence-corrected chi connectivity index (χ1v) is 9.29. The molecule has 0 radical (unpaired) electrons. The number of rotatable bonds is 8. The van der Waals surface area contributed by atoms with Gasteiger partial charge in [-0.15, -0.1) is 5.10 Å². The molecule has 8 nitrogen and oxygen atoms in total. The van der Waals surface area contributed by atoms with Crippen molar-refractivity contribution in [3.63, 3.8) is 0 Å². The summed E-state index contributed by atoms with van der Waals surface area (Å²) in [5.74, 6) is -0.879. The highest BCUT2D eigenvalue weighted by Gasteiger charge is 2.13. The van der Waals surface area contributed by atoms with Gasteiger partial charge in [-0.05, 0) is 60.2 Å². The fourth-order valence-corrected chi connectivity index (χ4v) is 3.13. The second-order valence-corrected chi connectivity index (χ2v) is 6.99. The highest BCUT2D eigenvalue weighted by Crippen LogP contribution is 2.26. The van der Waals surface area contributed by atoms with E-state index < -0.39 is 11.9 Å². The molecule has 3 N–H and O–H groups in total. The minimum Gasteiger partial charge on any atom is -0.489 e. The molecule has 0 fully saturated rings. The van der Waals surface area contributed by atoms with Gasteiger partial charge in [0.15, 0.2) is 0 Å². The molecule has 0 aliphatic rings. The van der Waals surface area contributed by atoms with Gasteiger partial charge in [0, 0.05) is 0 Å². The van der Waals surface area contributed by atoms with Crippen molar-refractivity contribution in [2.45, 2.75) is 18.7 Å². The predicted octanol–water partition coefficient (Wildman–Crippen LogP) is 3.61. The minimum atomic E-state index is -1.07. The first-order valence-electron chi connectivity index (χ1n) is 8.47. The minimum absolute atomic E-state index is 0.0863. The summed E-state index contributed by atoms with van der Waals surface area (Å²) in [6.45, 7) is 1.95. The lowest BCUT2D eigenvalue weighted by molar-refractivity contribution is -0.131. The second-order valence-electron chi connectivity index (χ2n) is 5.98. The lowest BCUT2D eigenvalue weighted by Crippen LogP contribution is -2.00. The number of thioether (sulfide) groups is 1. The predicted molar refractivity (Wildman–Crippen MR) is 107 cm³/mol. The average Bonchev–Trinajstić information content (AvgIpc) is 3.12. The van der Waals surface area contributed by atoms with E-state index in [1.165, 1.54) is 12.1 Å². The van der Waals surface area contributed by atoms with Crippen LogP contribution >= 0.6 is 11.8 Å². The molecule has 0 amide bonds. The van der Waals surface area contributed by atoms with Gasteiger partial charge in [0.2, 0.25) is 5.16 Å². The molecule has 0 spiro atoms. The number of hydrogen-bond donors (Lipinski definition) is 3. The third-order valence-electron chi connectivity index (χ3n) is 3.75. The fraction of sp³-hybridized carbons (Fsp3) is 0.100. The third kappa shape index (κ3) is 5.69. The third-order valence-corrected chi connectivity index (χ3v) is 4.62. The number of carboxylic acids is 2. The van der Waals surface area contributed by atoms with Crippen LogP contribution < -0.4 is 4.74 Å². The molecule has 1 aromatic heterocycles. The summed E-state index contributed by atoms with van der Waals surface area (Å²) in [4.78, 5) is 26.7. The molecule has 2 aromatic carbocycles. The van der Waals surface area contributed by atoms with Gasteiger partial charge in [-0.3, -0.25) is 5.10 Å². The van der Waals surface area contributed by atoms with E-state index in [1.54, 1.807) is 49.4 Å². The van der Waals surface area contributed by atoms with Gasteiger partial charge in [0.1, 0.15) is 23.1 Å². The number of hydrogen-bond acceptors (Lipinski definition) is 6. The number of nitrogens with zero attached hydrogens (tertiary/aromatic N) is 2. The van der Waals surface area contributed by atoms with Gasteiger partial charge in [-0.25, -0.2) is 14.6 Å². The number of carboxylic acid groups (broad SMARTS) is 2. The quantitative estimate of drug-likeness (QED) is 0.379. The number of aromatic nitrogens is 3. The Morgan fingerprint density at radius 2 is 1.93 bits per heavy atom. The molecular weight excluding hydrogens is 394 g/mol. The van der Waals surface area contributed by atoms with E-state index in [9.17, 15) is 14.7 Å². The highest BCUT2D eigenvalue weighted by atomic mass is 32.2. The number of nitrogens with one attached hydrogen (secondary N) is 1. The Morgan fingerprint density at radius 1 is 1.17 bits per heavy atom. The Labute approximate surface area is 170 Å². The zero-order chi connectivity index (χ0) is 20.8. The van der Waals surface area contributed by atoms with Crippen LogP contribution in [0.5, 0.6) is 5.75 Å². The molecular formula is C20H17N3O5S. The zero-order valence-electron chi connectivity index (χ0n) is 15.3. The Balaban J connectivity index is 1.67. The summed E-state index contributed by atoms with van der Waals surface area (Å²) in [5.41, 5.74) is 1.62. The normalized spacial score (nSPS) is 11.3. The first-order chi connectivity index (χ1) is 13.9. The second kappa shape index (κ2) is 9.07. The van der Waals surface area contributed by atoms with Crippen molar-refractivity contribution >= 4 is 29.8 Å². The summed E-state index contributed by atoms with van der Waals surface area (Å²) in [7, 11) is 0. The number of carbonyl (C=O) groups is 2. The number of aliphatic carboxylic acids is 1. The molecule has 0 saturated carbocycles.